The lowest BCUT2D eigenvalue weighted by Crippen LogP contribution is -2.22. The maximum absolute atomic E-state index is 12.6. The van der Waals surface area contributed by atoms with Crippen LogP contribution in [0, 0.1) is 0 Å². The number of hydrogen-bond acceptors (Lipinski definition) is 3. The van der Waals surface area contributed by atoms with E-state index in [4.69, 9.17) is 0 Å². The fourth-order valence-corrected chi connectivity index (χ4v) is 3.56. The van der Waals surface area contributed by atoms with Gasteiger partial charge in [0.25, 0.3) is 11.8 Å². The number of phenols is 1. The van der Waals surface area contributed by atoms with Crippen LogP contribution in [0.2, 0.25) is 0 Å². The van der Waals surface area contributed by atoms with Gasteiger partial charge in [-0.15, -0.1) is 0 Å². The van der Waals surface area contributed by atoms with Crippen LogP contribution in [0.15, 0.2) is 54.9 Å². The van der Waals surface area contributed by atoms with E-state index >= 15 is 0 Å². The van der Waals surface area contributed by atoms with Gasteiger partial charge in [-0.2, -0.15) is 0 Å². The molecular formula is C20H13N3O3. The second-order valence-electron chi connectivity index (χ2n) is 6.21. The van der Waals surface area contributed by atoms with Crippen LogP contribution in [-0.4, -0.2) is 26.9 Å². The maximum atomic E-state index is 12.6. The third-order valence-electron chi connectivity index (χ3n) is 4.72. The predicted molar refractivity (Wildman–Crippen MR) is 98.2 cm³/mol. The van der Waals surface area contributed by atoms with E-state index in [-0.39, 0.29) is 5.75 Å². The molecule has 3 heterocycles. The zero-order valence-electron chi connectivity index (χ0n) is 13.5. The highest BCUT2D eigenvalue weighted by Gasteiger charge is 2.34. The lowest BCUT2D eigenvalue weighted by molar-refractivity contribution is -0.122. The van der Waals surface area contributed by atoms with Crippen LogP contribution in [0.1, 0.15) is 11.1 Å². The van der Waals surface area contributed by atoms with E-state index in [9.17, 15) is 14.7 Å². The van der Waals surface area contributed by atoms with Gasteiger partial charge in [-0.25, -0.2) is 0 Å². The molecule has 0 spiro atoms. The minimum Gasteiger partial charge on any atom is -0.508 e. The molecule has 6 heteroatoms. The van der Waals surface area contributed by atoms with Crippen molar-refractivity contribution in [2.75, 3.05) is 0 Å². The highest BCUT2D eigenvalue weighted by atomic mass is 16.3. The Labute approximate surface area is 147 Å². The second kappa shape index (κ2) is 5.10. The van der Waals surface area contributed by atoms with E-state index in [2.05, 4.69) is 15.3 Å². The Balaban J connectivity index is 1.85. The number of phenolic OH excluding ortho intramolecular Hbond substituents is 1. The number of benzene rings is 2. The minimum atomic E-state index is -0.445. The van der Waals surface area contributed by atoms with Crippen molar-refractivity contribution >= 4 is 44.8 Å². The van der Waals surface area contributed by atoms with Gasteiger partial charge in [0.05, 0.1) is 11.1 Å². The molecule has 0 bridgehead atoms. The quantitative estimate of drug-likeness (QED) is 0.421. The van der Waals surface area contributed by atoms with Gasteiger partial charge in [0.1, 0.15) is 5.75 Å². The Morgan fingerprint density at radius 3 is 2.08 bits per heavy atom. The van der Waals surface area contributed by atoms with Crippen LogP contribution in [0.5, 0.6) is 5.75 Å². The Morgan fingerprint density at radius 2 is 1.35 bits per heavy atom. The summed E-state index contributed by atoms with van der Waals surface area (Å²) in [6, 6.07) is 12.5. The zero-order valence-corrected chi connectivity index (χ0v) is 13.5. The van der Waals surface area contributed by atoms with Gasteiger partial charge in [-0.3, -0.25) is 14.9 Å². The van der Waals surface area contributed by atoms with Crippen molar-refractivity contribution in [3.63, 3.8) is 0 Å². The van der Waals surface area contributed by atoms with E-state index in [1.54, 1.807) is 30.6 Å². The molecule has 0 unspecified atom stereocenters. The largest absolute Gasteiger partial charge is 0.508 e. The SMILES string of the molecule is O=C1NC(=O)C(c2c[nH]c3ccc(O)cc23)=C1c1c[nH]c2ccccc12. The average molecular weight is 343 g/mol. The number of aromatic amines is 2. The maximum Gasteiger partial charge on any atom is 0.259 e. The zero-order chi connectivity index (χ0) is 17.8. The van der Waals surface area contributed by atoms with Crippen LogP contribution in [-0.2, 0) is 9.59 Å². The summed E-state index contributed by atoms with van der Waals surface area (Å²) in [6.45, 7) is 0. The van der Waals surface area contributed by atoms with Crippen LogP contribution in [0.4, 0.5) is 0 Å². The Hall–Kier alpha value is -3.80. The number of carbonyl (C=O) groups excluding carboxylic acids is 2. The third kappa shape index (κ3) is 1.92. The monoisotopic (exact) mass is 343 g/mol. The molecule has 4 aromatic rings. The number of fused-ring (bicyclic) bond motifs is 2. The first-order valence-corrected chi connectivity index (χ1v) is 8.10. The molecule has 2 amide bonds. The molecule has 2 aromatic carbocycles. The van der Waals surface area contributed by atoms with E-state index in [1.165, 1.54) is 0 Å². The summed E-state index contributed by atoms with van der Waals surface area (Å²) >= 11 is 0. The number of H-pyrrole nitrogens is 2. The van der Waals surface area contributed by atoms with Crippen molar-refractivity contribution in [1.29, 1.82) is 0 Å². The fraction of sp³-hybridized carbons (Fsp3) is 0. The molecule has 0 radical (unpaired) electrons. The number of rotatable bonds is 2. The predicted octanol–water partition coefficient (Wildman–Crippen LogP) is 2.92. The summed E-state index contributed by atoms with van der Waals surface area (Å²) in [5.74, 6) is -0.777. The van der Waals surface area contributed by atoms with Gasteiger partial charge in [0, 0.05) is 45.3 Å². The first kappa shape index (κ1) is 14.5. The van der Waals surface area contributed by atoms with E-state index in [0.717, 1.165) is 16.4 Å². The molecular weight excluding hydrogens is 330 g/mol. The summed E-state index contributed by atoms with van der Waals surface area (Å²) in [7, 11) is 0. The van der Waals surface area contributed by atoms with Crippen molar-refractivity contribution < 1.29 is 14.7 Å². The number of carbonyl (C=O) groups is 2. The number of para-hydroxylation sites is 1. The molecule has 4 N–H and O–H groups in total. The van der Waals surface area contributed by atoms with Gasteiger partial charge in [0.15, 0.2) is 0 Å². The topological polar surface area (TPSA) is 98.0 Å². The van der Waals surface area contributed by atoms with Gasteiger partial charge in [-0.1, -0.05) is 18.2 Å². The number of aromatic hydroxyl groups is 1. The number of amides is 2. The summed E-state index contributed by atoms with van der Waals surface area (Å²) in [5, 5.41) is 13.8. The molecule has 5 rings (SSSR count). The molecule has 1 aliphatic rings. The highest BCUT2D eigenvalue weighted by Crippen LogP contribution is 2.38. The van der Waals surface area contributed by atoms with E-state index < -0.39 is 11.8 Å². The van der Waals surface area contributed by atoms with Gasteiger partial charge < -0.3 is 15.1 Å². The molecule has 0 saturated heterocycles. The molecule has 1 aliphatic heterocycles. The standard InChI is InChI=1S/C20H13N3O3/c24-10-5-6-16-12(7-10)14(9-22-16)18-17(19(25)23-20(18)26)13-8-21-15-4-2-1-3-11(13)15/h1-9,21-22,24H,(H,23,25,26). The van der Waals surface area contributed by atoms with E-state index in [1.807, 2.05) is 24.3 Å². The molecule has 0 fully saturated rings. The highest BCUT2D eigenvalue weighted by molar-refractivity contribution is 6.50. The minimum absolute atomic E-state index is 0.0947. The molecule has 2 aromatic heterocycles. The molecule has 126 valence electrons. The van der Waals surface area contributed by atoms with Crippen LogP contribution >= 0.6 is 0 Å². The van der Waals surface area contributed by atoms with Crippen LogP contribution in [0.25, 0.3) is 33.0 Å². The lowest BCUT2D eigenvalue weighted by Gasteiger charge is -2.03. The van der Waals surface area contributed by atoms with Crippen LogP contribution in [0.3, 0.4) is 0 Å². The normalized spacial score (nSPS) is 14.6. The van der Waals surface area contributed by atoms with Crippen molar-refractivity contribution in [3.8, 4) is 5.75 Å². The third-order valence-corrected chi connectivity index (χ3v) is 4.72. The number of aromatic nitrogens is 2. The summed E-state index contributed by atoms with van der Waals surface area (Å²) in [5.41, 5.74) is 3.55. The summed E-state index contributed by atoms with van der Waals surface area (Å²) in [4.78, 5) is 31.4. The first-order chi connectivity index (χ1) is 12.6. The molecule has 26 heavy (non-hydrogen) atoms. The number of hydrogen-bond donors (Lipinski definition) is 4. The molecule has 0 atom stereocenters. The summed E-state index contributed by atoms with van der Waals surface area (Å²) in [6.07, 6.45) is 3.43. The van der Waals surface area contributed by atoms with Crippen molar-refractivity contribution in [2.24, 2.45) is 0 Å². The molecule has 0 saturated carbocycles. The Bertz CT molecular complexity index is 1260. The fourth-order valence-electron chi connectivity index (χ4n) is 3.56. The van der Waals surface area contributed by atoms with Crippen molar-refractivity contribution in [2.45, 2.75) is 0 Å². The second-order valence-corrected chi connectivity index (χ2v) is 6.21. The smallest absolute Gasteiger partial charge is 0.259 e. The van der Waals surface area contributed by atoms with Crippen molar-refractivity contribution in [1.82, 2.24) is 15.3 Å². The lowest BCUT2D eigenvalue weighted by atomic mass is 9.95. The average Bonchev–Trinajstić information content (AvgIpc) is 3.29. The van der Waals surface area contributed by atoms with Crippen molar-refractivity contribution in [3.05, 3.63) is 66.0 Å². The van der Waals surface area contributed by atoms with Gasteiger partial charge in [0.2, 0.25) is 0 Å². The molecule has 0 aliphatic carbocycles. The number of nitrogens with one attached hydrogen (secondary N) is 3. The Kier molecular flexibility index (Phi) is 2.85. The van der Waals surface area contributed by atoms with Crippen LogP contribution < -0.4 is 5.32 Å². The van der Waals surface area contributed by atoms with E-state index in [0.29, 0.717) is 27.7 Å². The number of imide groups is 1. The Morgan fingerprint density at radius 1 is 0.731 bits per heavy atom. The first-order valence-electron chi connectivity index (χ1n) is 8.10. The summed E-state index contributed by atoms with van der Waals surface area (Å²) < 4.78 is 0. The van der Waals surface area contributed by atoms with Gasteiger partial charge in [-0.05, 0) is 24.3 Å². The molecule has 6 nitrogen and oxygen atoms in total. The van der Waals surface area contributed by atoms with Gasteiger partial charge >= 0.3 is 0 Å².